The van der Waals surface area contributed by atoms with Gasteiger partial charge in [0.1, 0.15) is 14.6 Å². The van der Waals surface area contributed by atoms with E-state index in [-0.39, 0.29) is 0 Å². The Morgan fingerprint density at radius 3 is 2.21 bits per heavy atom. The van der Waals surface area contributed by atoms with Gasteiger partial charge in [-0.1, -0.05) is 59.0 Å². The van der Waals surface area contributed by atoms with Gasteiger partial charge in [-0.3, -0.25) is 0 Å². The number of thiazole rings is 1. The van der Waals surface area contributed by atoms with E-state index >= 15 is 0 Å². The summed E-state index contributed by atoms with van der Waals surface area (Å²) >= 11 is 19.7. The van der Waals surface area contributed by atoms with Gasteiger partial charge in [0.25, 0.3) is 0 Å². The Kier molecular flexibility index (Phi) is 3.94. The summed E-state index contributed by atoms with van der Waals surface area (Å²) in [6, 6.07) is 0. The molecule has 0 spiro atoms. The SMILES string of the molecule is Clc1cnc(-c2nc(Cl)c(C3CCCC3)c(Cl)n2)s1. The molecule has 3 nitrogen and oxygen atoms in total. The Labute approximate surface area is 130 Å². The van der Waals surface area contributed by atoms with E-state index in [1.54, 1.807) is 6.20 Å². The van der Waals surface area contributed by atoms with Gasteiger partial charge in [-0.2, -0.15) is 0 Å². The predicted molar refractivity (Wildman–Crippen MR) is 79.4 cm³/mol. The number of halogens is 3. The van der Waals surface area contributed by atoms with Gasteiger partial charge in [0.05, 0.1) is 6.20 Å². The topological polar surface area (TPSA) is 38.7 Å². The highest BCUT2D eigenvalue weighted by Gasteiger charge is 2.25. The molecule has 0 radical (unpaired) electrons. The highest BCUT2D eigenvalue weighted by molar-refractivity contribution is 7.18. The third kappa shape index (κ3) is 2.72. The summed E-state index contributed by atoms with van der Waals surface area (Å²) in [7, 11) is 0. The maximum Gasteiger partial charge on any atom is 0.191 e. The lowest BCUT2D eigenvalue weighted by atomic mass is 10.0. The lowest BCUT2D eigenvalue weighted by Gasteiger charge is -2.12. The molecular weight excluding hydrogens is 325 g/mol. The van der Waals surface area contributed by atoms with E-state index in [4.69, 9.17) is 34.8 Å². The molecule has 0 bridgehead atoms. The fourth-order valence-corrected chi connectivity index (χ4v) is 3.96. The first-order valence-corrected chi connectivity index (χ1v) is 7.95. The fourth-order valence-electron chi connectivity index (χ4n) is 2.42. The molecular formula is C12H10Cl3N3S. The summed E-state index contributed by atoms with van der Waals surface area (Å²) < 4.78 is 0.589. The molecule has 3 rings (SSSR count). The summed E-state index contributed by atoms with van der Waals surface area (Å²) in [6.45, 7) is 0. The smallest absolute Gasteiger partial charge is 0.191 e. The van der Waals surface area contributed by atoms with Crippen LogP contribution in [0, 0.1) is 0 Å². The maximum absolute atomic E-state index is 6.28. The zero-order chi connectivity index (χ0) is 13.4. The van der Waals surface area contributed by atoms with Gasteiger partial charge in [-0.25, -0.2) is 15.0 Å². The van der Waals surface area contributed by atoms with Crippen LogP contribution in [0.25, 0.3) is 10.8 Å². The molecule has 2 aromatic rings. The molecule has 1 fully saturated rings. The van der Waals surface area contributed by atoms with Gasteiger partial charge in [0, 0.05) is 5.56 Å². The van der Waals surface area contributed by atoms with Crippen LogP contribution in [0.2, 0.25) is 14.6 Å². The molecule has 19 heavy (non-hydrogen) atoms. The van der Waals surface area contributed by atoms with Crippen molar-refractivity contribution in [2.75, 3.05) is 0 Å². The van der Waals surface area contributed by atoms with E-state index < -0.39 is 0 Å². The highest BCUT2D eigenvalue weighted by atomic mass is 35.5. The van der Waals surface area contributed by atoms with Crippen molar-refractivity contribution in [2.24, 2.45) is 0 Å². The lowest BCUT2D eigenvalue weighted by molar-refractivity contribution is 0.715. The molecule has 2 aromatic heterocycles. The zero-order valence-corrected chi connectivity index (χ0v) is 13.0. The largest absolute Gasteiger partial charge is 0.240 e. The zero-order valence-electron chi connectivity index (χ0n) is 9.87. The normalized spacial score (nSPS) is 16.2. The van der Waals surface area contributed by atoms with Crippen molar-refractivity contribution >= 4 is 46.1 Å². The minimum Gasteiger partial charge on any atom is -0.240 e. The van der Waals surface area contributed by atoms with Crippen molar-refractivity contribution in [2.45, 2.75) is 31.6 Å². The molecule has 0 aliphatic heterocycles. The Balaban J connectivity index is 2.02. The summed E-state index contributed by atoms with van der Waals surface area (Å²) in [5.41, 5.74) is 0.882. The van der Waals surface area contributed by atoms with Gasteiger partial charge in [0.2, 0.25) is 0 Å². The third-order valence-electron chi connectivity index (χ3n) is 3.28. The van der Waals surface area contributed by atoms with Crippen LogP contribution in [0.1, 0.15) is 37.2 Å². The van der Waals surface area contributed by atoms with E-state index in [0.717, 1.165) is 18.4 Å². The maximum atomic E-state index is 6.28. The van der Waals surface area contributed by atoms with Crippen molar-refractivity contribution in [1.29, 1.82) is 0 Å². The molecule has 0 aromatic carbocycles. The molecule has 1 saturated carbocycles. The Bertz CT molecular complexity index is 585. The van der Waals surface area contributed by atoms with Gasteiger partial charge < -0.3 is 0 Å². The molecule has 1 aliphatic carbocycles. The number of rotatable bonds is 2. The Hall–Kier alpha value is -0.420. The molecule has 0 saturated heterocycles. The average Bonchev–Trinajstić information content (AvgIpc) is 2.99. The van der Waals surface area contributed by atoms with Crippen LogP contribution in [0.3, 0.4) is 0 Å². The van der Waals surface area contributed by atoms with Crippen molar-refractivity contribution in [3.05, 3.63) is 26.4 Å². The fraction of sp³-hybridized carbons (Fsp3) is 0.417. The quantitative estimate of drug-likeness (QED) is 0.707. The van der Waals surface area contributed by atoms with Crippen molar-refractivity contribution in [3.8, 4) is 10.8 Å². The first-order valence-electron chi connectivity index (χ1n) is 6.00. The van der Waals surface area contributed by atoms with Crippen molar-refractivity contribution in [3.63, 3.8) is 0 Å². The number of hydrogen-bond acceptors (Lipinski definition) is 4. The van der Waals surface area contributed by atoms with Crippen LogP contribution < -0.4 is 0 Å². The first kappa shape index (κ1) is 13.6. The van der Waals surface area contributed by atoms with Crippen LogP contribution in [0.15, 0.2) is 6.20 Å². The van der Waals surface area contributed by atoms with Crippen LogP contribution >= 0.6 is 46.1 Å². The second-order valence-electron chi connectivity index (χ2n) is 4.49. The van der Waals surface area contributed by atoms with E-state index in [0.29, 0.717) is 31.4 Å². The van der Waals surface area contributed by atoms with Crippen LogP contribution in [-0.4, -0.2) is 15.0 Å². The molecule has 2 heterocycles. The van der Waals surface area contributed by atoms with Gasteiger partial charge >= 0.3 is 0 Å². The summed E-state index contributed by atoms with van der Waals surface area (Å²) in [5, 5.41) is 1.51. The predicted octanol–water partition coefficient (Wildman–Crippen LogP) is 5.22. The average molecular weight is 335 g/mol. The van der Waals surface area contributed by atoms with Crippen molar-refractivity contribution in [1.82, 2.24) is 15.0 Å². The third-order valence-corrected chi connectivity index (χ3v) is 4.97. The minimum atomic E-state index is 0.383. The molecule has 0 unspecified atom stereocenters. The number of nitrogens with zero attached hydrogens (tertiary/aromatic N) is 3. The molecule has 0 atom stereocenters. The molecule has 1 aliphatic rings. The monoisotopic (exact) mass is 333 g/mol. The second kappa shape index (κ2) is 5.52. The summed E-state index contributed by atoms with van der Waals surface area (Å²) in [6.07, 6.45) is 6.19. The molecule has 7 heteroatoms. The second-order valence-corrected chi connectivity index (χ2v) is 6.87. The molecule has 0 N–H and O–H groups in total. The van der Waals surface area contributed by atoms with Crippen LogP contribution in [0.4, 0.5) is 0 Å². The highest BCUT2D eigenvalue weighted by Crippen LogP contribution is 2.41. The standard InChI is InChI=1S/C12H10Cl3N3S/c13-7-5-16-12(19-7)11-17-9(14)8(10(15)18-11)6-3-1-2-4-6/h5-6H,1-4H2. The van der Waals surface area contributed by atoms with Crippen LogP contribution in [-0.2, 0) is 0 Å². The van der Waals surface area contributed by atoms with Crippen molar-refractivity contribution < 1.29 is 0 Å². The molecule has 100 valence electrons. The van der Waals surface area contributed by atoms with E-state index in [9.17, 15) is 0 Å². The summed E-state index contributed by atoms with van der Waals surface area (Å²) in [4.78, 5) is 12.8. The van der Waals surface area contributed by atoms with Gasteiger partial charge in [0.15, 0.2) is 10.8 Å². The summed E-state index contributed by atoms with van der Waals surface area (Å²) in [5.74, 6) is 0.822. The Morgan fingerprint density at radius 2 is 1.68 bits per heavy atom. The first-order chi connectivity index (χ1) is 9.15. The minimum absolute atomic E-state index is 0.383. The molecule has 0 amide bonds. The van der Waals surface area contributed by atoms with Gasteiger partial charge in [-0.05, 0) is 18.8 Å². The number of aromatic nitrogens is 3. The number of hydrogen-bond donors (Lipinski definition) is 0. The lowest BCUT2D eigenvalue weighted by Crippen LogP contribution is -2.01. The van der Waals surface area contributed by atoms with Crippen LogP contribution in [0.5, 0.6) is 0 Å². The Morgan fingerprint density at radius 1 is 1.05 bits per heavy atom. The van der Waals surface area contributed by atoms with E-state index in [1.807, 2.05) is 0 Å². The van der Waals surface area contributed by atoms with E-state index in [1.165, 1.54) is 24.2 Å². The van der Waals surface area contributed by atoms with E-state index in [2.05, 4.69) is 15.0 Å². The van der Waals surface area contributed by atoms with Gasteiger partial charge in [-0.15, -0.1) is 0 Å².